The number of anilines is 2. The highest BCUT2D eigenvalue weighted by Gasteiger charge is 2.30. The first-order chi connectivity index (χ1) is 9.77. The van der Waals surface area contributed by atoms with Gasteiger partial charge in [0.2, 0.25) is 0 Å². The minimum atomic E-state index is -4.46. The molecule has 5 nitrogen and oxygen atoms in total. The number of nitrogens with one attached hydrogen (secondary N) is 1. The molecule has 0 aliphatic heterocycles. The van der Waals surface area contributed by atoms with Gasteiger partial charge in [0.1, 0.15) is 5.82 Å². The second kappa shape index (κ2) is 5.57. The average Bonchev–Trinajstić information content (AvgIpc) is 2.40. The van der Waals surface area contributed by atoms with E-state index < -0.39 is 16.7 Å². The highest BCUT2D eigenvalue weighted by Crippen LogP contribution is 2.31. The molecule has 1 heterocycles. The topological polar surface area (TPSA) is 68.1 Å². The van der Waals surface area contributed by atoms with Crippen LogP contribution in [0, 0.1) is 10.1 Å². The molecule has 0 radical (unpaired) electrons. The summed E-state index contributed by atoms with van der Waals surface area (Å²) in [5, 5.41) is 13.3. The maximum absolute atomic E-state index is 12.4. The standard InChI is InChI=1S/C12H7ClF3N3O2/c13-9-5-8(19(20)21)2-3-10(9)18-11-4-1-7(6-17-11)12(14,15)16/h1-6H,(H,17,18). The molecule has 0 amide bonds. The number of hydrogen-bond donors (Lipinski definition) is 1. The van der Waals surface area contributed by atoms with E-state index in [4.69, 9.17) is 11.6 Å². The maximum atomic E-state index is 12.4. The van der Waals surface area contributed by atoms with E-state index in [0.717, 1.165) is 18.2 Å². The molecule has 110 valence electrons. The summed E-state index contributed by atoms with van der Waals surface area (Å²) in [7, 11) is 0. The van der Waals surface area contributed by atoms with Crippen molar-refractivity contribution in [1.29, 1.82) is 0 Å². The molecule has 9 heteroatoms. The van der Waals surface area contributed by atoms with E-state index in [0.29, 0.717) is 11.9 Å². The number of nitro benzene ring substituents is 1. The SMILES string of the molecule is O=[N+]([O-])c1ccc(Nc2ccc(C(F)(F)F)cn2)c(Cl)c1. The maximum Gasteiger partial charge on any atom is 0.417 e. The highest BCUT2D eigenvalue weighted by atomic mass is 35.5. The summed E-state index contributed by atoms with van der Waals surface area (Å²) in [6, 6.07) is 5.71. The quantitative estimate of drug-likeness (QED) is 0.672. The van der Waals surface area contributed by atoms with Gasteiger partial charge in [0.05, 0.1) is 21.2 Å². The fourth-order valence-electron chi connectivity index (χ4n) is 1.49. The Labute approximate surface area is 121 Å². The number of pyridine rings is 1. The number of alkyl halides is 3. The van der Waals surface area contributed by atoms with Gasteiger partial charge in [-0.2, -0.15) is 13.2 Å². The number of non-ortho nitro benzene ring substituents is 1. The predicted molar refractivity (Wildman–Crippen MR) is 70.6 cm³/mol. The zero-order valence-electron chi connectivity index (χ0n) is 10.2. The van der Waals surface area contributed by atoms with Crippen LogP contribution in [0.2, 0.25) is 5.02 Å². The van der Waals surface area contributed by atoms with Crippen molar-refractivity contribution in [1.82, 2.24) is 4.98 Å². The minimum absolute atomic E-state index is 0.0610. The second-order valence-corrected chi connectivity index (χ2v) is 4.38. The summed E-state index contributed by atoms with van der Waals surface area (Å²) in [6.45, 7) is 0. The molecule has 1 aromatic carbocycles. The molecule has 0 bridgehead atoms. The van der Waals surface area contributed by atoms with E-state index in [9.17, 15) is 23.3 Å². The molecule has 1 aromatic heterocycles. The van der Waals surface area contributed by atoms with Gasteiger partial charge in [0, 0.05) is 18.3 Å². The third-order valence-corrected chi connectivity index (χ3v) is 2.83. The van der Waals surface area contributed by atoms with Gasteiger partial charge in [-0.1, -0.05) is 11.6 Å². The Morgan fingerprint density at radius 2 is 1.95 bits per heavy atom. The fourth-order valence-corrected chi connectivity index (χ4v) is 1.71. The monoisotopic (exact) mass is 317 g/mol. The van der Waals surface area contributed by atoms with Crippen molar-refractivity contribution in [2.75, 3.05) is 5.32 Å². The van der Waals surface area contributed by atoms with Crippen LogP contribution in [0.15, 0.2) is 36.5 Å². The fraction of sp³-hybridized carbons (Fsp3) is 0.0833. The summed E-state index contributed by atoms with van der Waals surface area (Å²) < 4.78 is 37.2. The number of rotatable bonds is 3. The van der Waals surface area contributed by atoms with Crippen molar-refractivity contribution in [2.24, 2.45) is 0 Å². The van der Waals surface area contributed by atoms with E-state index in [1.807, 2.05) is 0 Å². The molecule has 0 aliphatic carbocycles. The van der Waals surface area contributed by atoms with Crippen molar-refractivity contribution in [3.63, 3.8) is 0 Å². The average molecular weight is 318 g/mol. The Morgan fingerprint density at radius 3 is 2.43 bits per heavy atom. The van der Waals surface area contributed by atoms with Crippen LogP contribution >= 0.6 is 11.6 Å². The first kappa shape index (κ1) is 15.0. The van der Waals surface area contributed by atoms with E-state index in [1.165, 1.54) is 12.1 Å². The number of halogens is 4. The van der Waals surface area contributed by atoms with Crippen molar-refractivity contribution in [2.45, 2.75) is 6.18 Å². The van der Waals surface area contributed by atoms with Gasteiger partial charge < -0.3 is 5.32 Å². The molecule has 0 fully saturated rings. The first-order valence-electron chi connectivity index (χ1n) is 5.51. The lowest BCUT2D eigenvalue weighted by Gasteiger charge is -2.09. The number of aromatic nitrogens is 1. The second-order valence-electron chi connectivity index (χ2n) is 3.98. The number of benzene rings is 1. The van der Waals surface area contributed by atoms with Gasteiger partial charge in [-0.15, -0.1) is 0 Å². The van der Waals surface area contributed by atoms with E-state index >= 15 is 0 Å². The Bertz CT molecular complexity index is 674. The van der Waals surface area contributed by atoms with Crippen LogP contribution < -0.4 is 5.32 Å². The van der Waals surface area contributed by atoms with Crippen LogP contribution in [0.3, 0.4) is 0 Å². The van der Waals surface area contributed by atoms with Crippen LogP contribution in [0.1, 0.15) is 5.56 Å². The normalized spacial score (nSPS) is 11.2. The highest BCUT2D eigenvalue weighted by molar-refractivity contribution is 6.33. The summed E-state index contributed by atoms with van der Waals surface area (Å²) in [6.07, 6.45) is -3.78. The van der Waals surface area contributed by atoms with Gasteiger partial charge in [-0.25, -0.2) is 4.98 Å². The first-order valence-corrected chi connectivity index (χ1v) is 5.89. The molecule has 1 N–H and O–H groups in total. The Morgan fingerprint density at radius 1 is 1.24 bits per heavy atom. The number of nitro groups is 1. The van der Waals surface area contributed by atoms with Crippen LogP contribution in [0.4, 0.5) is 30.4 Å². The lowest BCUT2D eigenvalue weighted by Crippen LogP contribution is -2.05. The molecular formula is C12H7ClF3N3O2. The van der Waals surface area contributed by atoms with Gasteiger partial charge in [-0.3, -0.25) is 10.1 Å². The molecule has 2 rings (SSSR count). The molecule has 0 spiro atoms. The van der Waals surface area contributed by atoms with E-state index in [1.54, 1.807) is 0 Å². The summed E-state index contributed by atoms with van der Waals surface area (Å²) in [4.78, 5) is 13.6. The summed E-state index contributed by atoms with van der Waals surface area (Å²) in [5.41, 5.74) is -0.761. The Balaban J connectivity index is 2.20. The van der Waals surface area contributed by atoms with Crippen LogP contribution in [-0.4, -0.2) is 9.91 Å². The molecular weight excluding hydrogens is 311 g/mol. The predicted octanol–water partition coefficient (Wildman–Crippen LogP) is 4.41. The third-order valence-electron chi connectivity index (χ3n) is 2.52. The molecule has 0 atom stereocenters. The molecule has 0 saturated carbocycles. The van der Waals surface area contributed by atoms with Gasteiger partial charge >= 0.3 is 6.18 Å². The summed E-state index contributed by atoms with van der Waals surface area (Å²) in [5.74, 6) is 0.138. The number of hydrogen-bond acceptors (Lipinski definition) is 4. The van der Waals surface area contributed by atoms with E-state index in [2.05, 4.69) is 10.3 Å². The molecule has 21 heavy (non-hydrogen) atoms. The summed E-state index contributed by atoms with van der Waals surface area (Å²) >= 11 is 5.85. The van der Waals surface area contributed by atoms with Crippen molar-refractivity contribution < 1.29 is 18.1 Å². The molecule has 0 aliphatic rings. The van der Waals surface area contributed by atoms with Crippen LogP contribution in [0.25, 0.3) is 0 Å². The van der Waals surface area contributed by atoms with Crippen LogP contribution in [-0.2, 0) is 6.18 Å². The van der Waals surface area contributed by atoms with Gasteiger partial charge in [-0.05, 0) is 18.2 Å². The van der Waals surface area contributed by atoms with Gasteiger partial charge in [0.25, 0.3) is 5.69 Å². The van der Waals surface area contributed by atoms with Crippen molar-refractivity contribution in [3.8, 4) is 0 Å². The Hall–Kier alpha value is -2.35. The third kappa shape index (κ3) is 3.60. The largest absolute Gasteiger partial charge is 0.417 e. The van der Waals surface area contributed by atoms with Crippen molar-refractivity contribution in [3.05, 3.63) is 57.2 Å². The molecule has 2 aromatic rings. The zero-order chi connectivity index (χ0) is 15.6. The minimum Gasteiger partial charge on any atom is -0.339 e. The van der Waals surface area contributed by atoms with Gasteiger partial charge in [0.15, 0.2) is 0 Å². The van der Waals surface area contributed by atoms with E-state index in [-0.39, 0.29) is 16.5 Å². The zero-order valence-corrected chi connectivity index (χ0v) is 10.9. The van der Waals surface area contributed by atoms with Crippen molar-refractivity contribution >= 4 is 28.8 Å². The lowest BCUT2D eigenvalue weighted by atomic mass is 10.2. The Kier molecular flexibility index (Phi) is 3.99. The van der Waals surface area contributed by atoms with Crippen LogP contribution in [0.5, 0.6) is 0 Å². The lowest BCUT2D eigenvalue weighted by molar-refractivity contribution is -0.384. The smallest absolute Gasteiger partial charge is 0.339 e. The number of nitrogens with zero attached hydrogens (tertiary/aromatic N) is 2. The molecule has 0 saturated heterocycles. The molecule has 0 unspecified atom stereocenters.